The predicted octanol–water partition coefficient (Wildman–Crippen LogP) is 3.46. The third-order valence-corrected chi connectivity index (χ3v) is 5.40. The first-order valence-corrected chi connectivity index (χ1v) is 10.5. The molecule has 1 amide bonds. The summed E-state index contributed by atoms with van der Waals surface area (Å²) in [5, 5.41) is 6.92. The van der Waals surface area contributed by atoms with E-state index in [1.54, 1.807) is 17.9 Å². The average molecular weight is 415 g/mol. The van der Waals surface area contributed by atoms with Gasteiger partial charge in [-0.3, -0.25) is 5.10 Å². The summed E-state index contributed by atoms with van der Waals surface area (Å²) in [5.41, 5.74) is 1.36. The van der Waals surface area contributed by atoms with Gasteiger partial charge < -0.3 is 19.3 Å². The van der Waals surface area contributed by atoms with Crippen molar-refractivity contribution in [3.8, 4) is 0 Å². The number of nitrogens with zero attached hydrogens (tertiary/aromatic N) is 3. The largest absolute Gasteiger partial charge is 0.461 e. The fraction of sp³-hybridized carbons (Fsp3) is 0.500. The fourth-order valence-corrected chi connectivity index (χ4v) is 3.53. The molecule has 2 aromatic rings. The van der Waals surface area contributed by atoms with Crippen LogP contribution in [-0.4, -0.2) is 60.4 Å². The maximum atomic E-state index is 12.3. The molecule has 30 heavy (non-hydrogen) atoms. The lowest BCUT2D eigenvalue weighted by Gasteiger charge is -2.32. The minimum atomic E-state index is -0.392. The molecule has 1 aliphatic heterocycles. The first-order valence-electron chi connectivity index (χ1n) is 10.5. The van der Waals surface area contributed by atoms with Crippen molar-refractivity contribution in [2.75, 3.05) is 38.2 Å². The van der Waals surface area contributed by atoms with Gasteiger partial charge in [-0.05, 0) is 37.7 Å². The van der Waals surface area contributed by atoms with Crippen molar-refractivity contribution in [2.24, 2.45) is 5.92 Å². The highest BCUT2D eigenvalue weighted by atomic mass is 16.6. The van der Waals surface area contributed by atoms with Crippen molar-refractivity contribution in [1.29, 1.82) is 0 Å². The number of aromatic amines is 1. The quantitative estimate of drug-likeness (QED) is 0.666. The molecular weight excluding hydrogens is 384 g/mol. The molecule has 0 unspecified atom stereocenters. The fourth-order valence-electron chi connectivity index (χ4n) is 3.53. The van der Waals surface area contributed by atoms with E-state index in [1.807, 2.05) is 42.3 Å². The Hall–Kier alpha value is -3.03. The van der Waals surface area contributed by atoms with Gasteiger partial charge in [0, 0.05) is 32.7 Å². The Morgan fingerprint density at radius 3 is 2.63 bits per heavy atom. The van der Waals surface area contributed by atoms with Crippen molar-refractivity contribution in [3.63, 3.8) is 0 Å². The van der Waals surface area contributed by atoms with E-state index in [2.05, 4.69) is 10.2 Å². The number of carbonyl (C=O) groups excluding carboxylic acids is 2. The van der Waals surface area contributed by atoms with Crippen molar-refractivity contribution in [3.05, 3.63) is 47.7 Å². The number of hydrogen-bond donors (Lipinski definition) is 1. The number of hydrogen-bond acceptors (Lipinski definition) is 6. The Bertz CT molecular complexity index is 816. The summed E-state index contributed by atoms with van der Waals surface area (Å²) in [7, 11) is 1.96. The summed E-state index contributed by atoms with van der Waals surface area (Å²) in [6.45, 7) is 4.68. The van der Waals surface area contributed by atoms with Gasteiger partial charge in [-0.1, -0.05) is 30.3 Å². The van der Waals surface area contributed by atoms with Crippen LogP contribution < -0.4 is 4.90 Å². The highest BCUT2D eigenvalue weighted by Gasteiger charge is 2.24. The van der Waals surface area contributed by atoms with Gasteiger partial charge in [-0.2, -0.15) is 5.10 Å². The molecule has 162 valence electrons. The van der Waals surface area contributed by atoms with Gasteiger partial charge in [0.15, 0.2) is 5.82 Å². The smallest absolute Gasteiger partial charge is 0.410 e. The number of anilines is 1. The number of benzene rings is 1. The lowest BCUT2D eigenvalue weighted by Crippen LogP contribution is -2.39. The third kappa shape index (κ3) is 5.98. The summed E-state index contributed by atoms with van der Waals surface area (Å²) < 4.78 is 10.4. The van der Waals surface area contributed by atoms with Crippen LogP contribution >= 0.6 is 0 Å². The minimum Gasteiger partial charge on any atom is -0.461 e. The van der Waals surface area contributed by atoms with Crippen LogP contribution in [0, 0.1) is 5.92 Å². The molecule has 0 radical (unpaired) electrons. The molecule has 8 heteroatoms. The SMILES string of the molecule is CCOC(=O)c1cc(N(C)CCC2CCN(C(=O)OCc3ccccc3)CC2)n[nH]1. The number of aromatic nitrogens is 2. The summed E-state index contributed by atoms with van der Waals surface area (Å²) in [6.07, 6.45) is 2.69. The molecule has 1 N–H and O–H groups in total. The standard InChI is InChI=1S/C22H30N4O4/c1-3-29-21(27)19-15-20(24-23-19)25(2)12-9-17-10-13-26(14-11-17)22(28)30-16-18-7-5-4-6-8-18/h4-8,15,17H,3,9-14,16H2,1-2H3,(H,23,24). The van der Waals surface area contributed by atoms with Gasteiger partial charge >= 0.3 is 12.1 Å². The molecule has 0 saturated carbocycles. The van der Waals surface area contributed by atoms with Gasteiger partial charge in [-0.25, -0.2) is 9.59 Å². The number of esters is 1. The molecule has 0 spiro atoms. The average Bonchev–Trinajstić information content (AvgIpc) is 3.28. The highest BCUT2D eigenvalue weighted by Crippen LogP contribution is 2.22. The van der Waals surface area contributed by atoms with E-state index in [1.165, 1.54) is 0 Å². The normalized spacial score (nSPS) is 14.4. The topological polar surface area (TPSA) is 87.8 Å². The van der Waals surface area contributed by atoms with Crippen molar-refractivity contribution < 1.29 is 19.1 Å². The first kappa shape index (κ1) is 21.7. The van der Waals surface area contributed by atoms with Crippen LogP contribution in [0.3, 0.4) is 0 Å². The van der Waals surface area contributed by atoms with Crippen LogP contribution in [0.5, 0.6) is 0 Å². The molecule has 2 heterocycles. The number of nitrogens with one attached hydrogen (secondary N) is 1. The van der Waals surface area contributed by atoms with E-state index in [9.17, 15) is 9.59 Å². The first-order chi connectivity index (χ1) is 14.6. The lowest BCUT2D eigenvalue weighted by molar-refractivity contribution is 0.0519. The Morgan fingerprint density at radius 2 is 1.93 bits per heavy atom. The Balaban J connectivity index is 1.37. The van der Waals surface area contributed by atoms with Gasteiger partial charge in [0.05, 0.1) is 6.61 Å². The van der Waals surface area contributed by atoms with Crippen LogP contribution in [0.4, 0.5) is 10.6 Å². The molecule has 1 fully saturated rings. The van der Waals surface area contributed by atoms with Crippen molar-refractivity contribution in [1.82, 2.24) is 15.1 Å². The lowest BCUT2D eigenvalue weighted by atomic mass is 9.93. The monoisotopic (exact) mass is 414 g/mol. The van der Waals surface area contributed by atoms with Gasteiger partial charge in [0.25, 0.3) is 0 Å². The second-order valence-electron chi connectivity index (χ2n) is 7.54. The molecule has 0 atom stereocenters. The van der Waals surface area contributed by atoms with E-state index < -0.39 is 5.97 Å². The zero-order chi connectivity index (χ0) is 21.3. The van der Waals surface area contributed by atoms with Gasteiger partial charge in [0.2, 0.25) is 0 Å². The second kappa shape index (κ2) is 10.7. The molecule has 1 saturated heterocycles. The predicted molar refractivity (Wildman–Crippen MR) is 113 cm³/mol. The molecule has 1 aromatic heterocycles. The van der Waals surface area contributed by atoms with Gasteiger partial charge in [-0.15, -0.1) is 0 Å². The number of H-pyrrole nitrogens is 1. The molecule has 1 aromatic carbocycles. The highest BCUT2D eigenvalue weighted by molar-refractivity contribution is 5.88. The number of carbonyl (C=O) groups is 2. The minimum absolute atomic E-state index is 0.238. The molecule has 0 aliphatic carbocycles. The zero-order valence-electron chi connectivity index (χ0n) is 17.7. The number of amides is 1. The van der Waals surface area contributed by atoms with Crippen LogP contribution in [0.2, 0.25) is 0 Å². The van der Waals surface area contributed by atoms with E-state index in [0.29, 0.717) is 24.8 Å². The van der Waals surface area contributed by atoms with Crippen LogP contribution in [0.15, 0.2) is 36.4 Å². The Morgan fingerprint density at radius 1 is 1.20 bits per heavy atom. The summed E-state index contributed by atoms with van der Waals surface area (Å²) >= 11 is 0. The van der Waals surface area contributed by atoms with E-state index in [4.69, 9.17) is 9.47 Å². The summed E-state index contributed by atoms with van der Waals surface area (Å²) in [5.74, 6) is 0.880. The van der Waals surface area contributed by atoms with Crippen LogP contribution in [0.1, 0.15) is 42.2 Å². The molecule has 3 rings (SSSR count). The Kier molecular flexibility index (Phi) is 7.70. The summed E-state index contributed by atoms with van der Waals surface area (Å²) in [4.78, 5) is 27.8. The van der Waals surface area contributed by atoms with E-state index in [0.717, 1.165) is 50.3 Å². The van der Waals surface area contributed by atoms with Crippen LogP contribution in [-0.2, 0) is 16.1 Å². The molecule has 1 aliphatic rings. The van der Waals surface area contributed by atoms with Crippen molar-refractivity contribution in [2.45, 2.75) is 32.8 Å². The summed E-state index contributed by atoms with van der Waals surface area (Å²) in [6, 6.07) is 11.4. The zero-order valence-corrected chi connectivity index (χ0v) is 17.7. The van der Waals surface area contributed by atoms with E-state index in [-0.39, 0.29) is 6.09 Å². The third-order valence-electron chi connectivity index (χ3n) is 5.40. The van der Waals surface area contributed by atoms with E-state index >= 15 is 0 Å². The number of piperidine rings is 1. The Labute approximate surface area is 177 Å². The second-order valence-corrected chi connectivity index (χ2v) is 7.54. The molecular formula is C22H30N4O4. The molecule has 8 nitrogen and oxygen atoms in total. The maximum absolute atomic E-state index is 12.3. The number of ether oxygens (including phenoxy) is 2. The van der Waals surface area contributed by atoms with Crippen LogP contribution in [0.25, 0.3) is 0 Å². The van der Waals surface area contributed by atoms with Crippen molar-refractivity contribution >= 4 is 17.9 Å². The number of rotatable bonds is 8. The maximum Gasteiger partial charge on any atom is 0.410 e. The van der Waals surface area contributed by atoms with Gasteiger partial charge in [0.1, 0.15) is 12.3 Å². The molecule has 0 bridgehead atoms. The number of likely N-dealkylation sites (tertiary alicyclic amines) is 1.